The van der Waals surface area contributed by atoms with Crippen molar-refractivity contribution in [2.24, 2.45) is 0 Å². The van der Waals surface area contributed by atoms with Crippen LogP contribution in [0.3, 0.4) is 0 Å². The van der Waals surface area contributed by atoms with Crippen molar-refractivity contribution in [3.8, 4) is 0 Å². The Morgan fingerprint density at radius 2 is 1.69 bits per heavy atom. The van der Waals surface area contributed by atoms with Crippen LogP contribution in [0, 0.1) is 0 Å². The molecule has 1 aliphatic carbocycles. The maximum atomic E-state index is 2.35. The summed E-state index contributed by atoms with van der Waals surface area (Å²) in [4.78, 5) is 0. The fourth-order valence-corrected chi connectivity index (χ4v) is 1.80. The summed E-state index contributed by atoms with van der Waals surface area (Å²) in [6.45, 7) is 6.61. The van der Waals surface area contributed by atoms with Gasteiger partial charge in [-0.1, -0.05) is 34.9 Å². The van der Waals surface area contributed by atoms with Crippen molar-refractivity contribution in [2.45, 2.75) is 46.5 Å². The van der Waals surface area contributed by atoms with Gasteiger partial charge in [-0.15, -0.1) is 0 Å². The topological polar surface area (TPSA) is 0 Å². The Labute approximate surface area is 82.0 Å². The van der Waals surface area contributed by atoms with Gasteiger partial charge in [0.25, 0.3) is 0 Å². The summed E-state index contributed by atoms with van der Waals surface area (Å²) < 4.78 is 0. The molecule has 0 nitrogen and oxygen atoms in total. The van der Waals surface area contributed by atoms with E-state index in [2.05, 4.69) is 39.0 Å². The highest BCUT2D eigenvalue weighted by Crippen LogP contribution is 2.15. The molecule has 1 rings (SSSR count). The lowest BCUT2D eigenvalue weighted by Crippen LogP contribution is -1.84. The van der Waals surface area contributed by atoms with Gasteiger partial charge in [-0.25, -0.2) is 0 Å². The molecule has 0 radical (unpaired) electrons. The van der Waals surface area contributed by atoms with E-state index in [1.165, 1.54) is 42.4 Å². The Balaban J connectivity index is 2.81. The van der Waals surface area contributed by atoms with Gasteiger partial charge in [0, 0.05) is 0 Å². The molecule has 0 heteroatoms. The van der Waals surface area contributed by atoms with Crippen molar-refractivity contribution in [1.29, 1.82) is 0 Å². The maximum absolute atomic E-state index is 2.35. The van der Waals surface area contributed by atoms with Crippen LogP contribution in [0.15, 0.2) is 34.9 Å². The third-order valence-corrected chi connectivity index (χ3v) is 2.42. The molecule has 0 heterocycles. The van der Waals surface area contributed by atoms with E-state index in [0.29, 0.717) is 0 Å². The van der Waals surface area contributed by atoms with Gasteiger partial charge >= 0.3 is 0 Å². The van der Waals surface area contributed by atoms with Crippen LogP contribution in [0.2, 0.25) is 0 Å². The van der Waals surface area contributed by atoms with Gasteiger partial charge in [0.05, 0.1) is 0 Å². The normalized spacial score (nSPS) is 32.1. The van der Waals surface area contributed by atoms with Crippen LogP contribution < -0.4 is 0 Å². The van der Waals surface area contributed by atoms with Crippen molar-refractivity contribution in [3.63, 3.8) is 0 Å². The van der Waals surface area contributed by atoms with Gasteiger partial charge in [0.15, 0.2) is 0 Å². The van der Waals surface area contributed by atoms with E-state index in [4.69, 9.17) is 0 Å². The fraction of sp³-hybridized carbons (Fsp3) is 0.538. The van der Waals surface area contributed by atoms with Crippen molar-refractivity contribution in [2.75, 3.05) is 0 Å². The van der Waals surface area contributed by atoms with E-state index in [1.807, 2.05) is 0 Å². The van der Waals surface area contributed by atoms with E-state index in [-0.39, 0.29) is 0 Å². The second-order valence-corrected chi connectivity index (χ2v) is 4.07. The maximum Gasteiger partial charge on any atom is -0.0320 e. The van der Waals surface area contributed by atoms with Crippen LogP contribution in [0.1, 0.15) is 46.5 Å². The minimum Gasteiger partial charge on any atom is -0.0816 e. The molecule has 0 saturated carbocycles. The Morgan fingerprint density at radius 3 is 2.46 bits per heavy atom. The van der Waals surface area contributed by atoms with Crippen molar-refractivity contribution < 1.29 is 0 Å². The molecule has 0 bridgehead atoms. The summed E-state index contributed by atoms with van der Waals surface area (Å²) in [7, 11) is 0. The second-order valence-electron chi connectivity index (χ2n) is 4.07. The van der Waals surface area contributed by atoms with E-state index in [9.17, 15) is 0 Å². The first kappa shape index (κ1) is 10.3. The Morgan fingerprint density at radius 1 is 0.923 bits per heavy atom. The zero-order valence-electron chi connectivity index (χ0n) is 9.06. The van der Waals surface area contributed by atoms with E-state index < -0.39 is 0 Å². The molecular weight excluding hydrogens is 156 g/mol. The van der Waals surface area contributed by atoms with E-state index in [0.717, 1.165) is 0 Å². The van der Waals surface area contributed by atoms with Crippen LogP contribution in [0.25, 0.3) is 0 Å². The SMILES string of the molecule is CC1=C/CCCC\C(C)=C/C(C)=C\1. The number of hydrogen-bond donors (Lipinski definition) is 0. The second kappa shape index (κ2) is 5.06. The van der Waals surface area contributed by atoms with Crippen LogP contribution in [-0.2, 0) is 0 Å². The summed E-state index contributed by atoms with van der Waals surface area (Å²) >= 11 is 0. The minimum atomic E-state index is 1.24. The smallest absolute Gasteiger partial charge is 0.0320 e. The van der Waals surface area contributed by atoms with Crippen LogP contribution in [-0.4, -0.2) is 0 Å². The molecule has 0 saturated heterocycles. The largest absolute Gasteiger partial charge is 0.0816 e. The van der Waals surface area contributed by atoms with Gasteiger partial charge in [-0.3, -0.25) is 0 Å². The van der Waals surface area contributed by atoms with Crippen molar-refractivity contribution in [1.82, 2.24) is 0 Å². The van der Waals surface area contributed by atoms with E-state index in [1.54, 1.807) is 0 Å². The average molecular weight is 176 g/mol. The molecule has 0 aliphatic heterocycles. The van der Waals surface area contributed by atoms with Gasteiger partial charge in [0.2, 0.25) is 0 Å². The number of allylic oxidation sites excluding steroid dienone is 6. The molecule has 13 heavy (non-hydrogen) atoms. The predicted molar refractivity (Wildman–Crippen MR) is 59.7 cm³/mol. The molecule has 0 spiro atoms. The first-order valence-electron chi connectivity index (χ1n) is 5.21. The highest BCUT2D eigenvalue weighted by atomic mass is 14.0. The summed E-state index contributed by atoms with van der Waals surface area (Å²) in [6, 6.07) is 0. The highest BCUT2D eigenvalue weighted by molar-refractivity contribution is 5.29. The zero-order valence-corrected chi connectivity index (χ0v) is 9.06. The van der Waals surface area contributed by atoms with Crippen molar-refractivity contribution >= 4 is 0 Å². The summed E-state index contributed by atoms with van der Waals surface area (Å²) in [5, 5.41) is 0. The molecular formula is C13H20. The molecule has 0 fully saturated rings. The van der Waals surface area contributed by atoms with Crippen molar-refractivity contribution in [3.05, 3.63) is 34.9 Å². The number of hydrogen-bond acceptors (Lipinski definition) is 0. The molecule has 0 aromatic rings. The lowest BCUT2D eigenvalue weighted by Gasteiger charge is -2.04. The molecule has 0 aromatic carbocycles. The third kappa shape index (κ3) is 4.12. The Hall–Kier alpha value is -0.780. The Kier molecular flexibility index (Phi) is 4.01. The highest BCUT2D eigenvalue weighted by Gasteiger charge is 1.95. The molecule has 0 unspecified atom stereocenters. The number of rotatable bonds is 0. The third-order valence-electron chi connectivity index (χ3n) is 2.42. The molecule has 0 atom stereocenters. The predicted octanol–water partition coefficient (Wildman–Crippen LogP) is 4.40. The quantitative estimate of drug-likeness (QED) is 0.513. The first-order valence-corrected chi connectivity index (χ1v) is 5.21. The molecule has 0 amide bonds. The monoisotopic (exact) mass is 176 g/mol. The van der Waals surface area contributed by atoms with Crippen LogP contribution in [0.4, 0.5) is 0 Å². The average Bonchev–Trinajstić information content (AvgIpc) is 2.02. The first-order chi connectivity index (χ1) is 6.18. The van der Waals surface area contributed by atoms with Gasteiger partial charge in [-0.05, 0) is 46.5 Å². The molecule has 0 aromatic heterocycles. The lowest BCUT2D eigenvalue weighted by atomic mass is 10.0. The molecule has 0 N–H and O–H groups in total. The summed E-state index contributed by atoms with van der Waals surface area (Å²) in [6.07, 6.45) is 12.1. The minimum absolute atomic E-state index is 1.24. The summed E-state index contributed by atoms with van der Waals surface area (Å²) in [5.74, 6) is 0. The van der Waals surface area contributed by atoms with Gasteiger partial charge < -0.3 is 0 Å². The summed E-state index contributed by atoms with van der Waals surface area (Å²) in [5.41, 5.74) is 4.31. The fourth-order valence-electron chi connectivity index (χ4n) is 1.80. The molecule has 1 aliphatic rings. The molecule has 72 valence electrons. The Bertz CT molecular complexity index is 251. The zero-order chi connectivity index (χ0) is 9.68. The van der Waals surface area contributed by atoms with Gasteiger partial charge in [0.1, 0.15) is 0 Å². The van der Waals surface area contributed by atoms with E-state index >= 15 is 0 Å². The lowest BCUT2D eigenvalue weighted by molar-refractivity contribution is 0.739. The van der Waals surface area contributed by atoms with Crippen LogP contribution >= 0.6 is 0 Å². The standard InChI is InChI=1S/C13H20/c1-11-7-5-4-6-8-12(2)10-13(3)9-11/h7,9-10H,4-6,8H2,1-3H3/b11-7-,12-10-,13-9-. The van der Waals surface area contributed by atoms with Gasteiger partial charge in [-0.2, -0.15) is 0 Å². The van der Waals surface area contributed by atoms with Crippen LogP contribution in [0.5, 0.6) is 0 Å².